The lowest BCUT2D eigenvalue weighted by Crippen LogP contribution is -2.36. The molecule has 0 aliphatic carbocycles. The molecule has 208 valence electrons. The van der Waals surface area contributed by atoms with E-state index in [0.29, 0.717) is 41.7 Å². The highest BCUT2D eigenvalue weighted by molar-refractivity contribution is 14.1. The second-order valence-corrected chi connectivity index (χ2v) is 10.6. The Morgan fingerprint density at radius 2 is 1.70 bits per heavy atom. The average molecular weight is 677 g/mol. The van der Waals surface area contributed by atoms with Crippen molar-refractivity contribution < 1.29 is 33.0 Å². The molecule has 0 bridgehead atoms. The third-order valence-corrected chi connectivity index (χ3v) is 7.26. The molecule has 0 saturated carbocycles. The molecule has 3 aromatic carbocycles. The minimum absolute atomic E-state index is 0.192. The standard InChI is InChI=1S/C29H26FIN2O6S/c1-3-37-22-11-9-21(10-12-22)32-26(34)16-33-28(35)25(40-29(33)36)15-19-13-23(31)27(24(14-19)38-4-2)39-17-18-5-7-20(30)8-6-18/h5-15H,3-4,16-17H2,1-2H3,(H,32,34)/b25-15+. The van der Waals surface area contributed by atoms with Crippen LogP contribution in [0.25, 0.3) is 6.08 Å². The van der Waals surface area contributed by atoms with Gasteiger partial charge in [-0.3, -0.25) is 19.3 Å². The molecule has 0 unspecified atom stereocenters. The molecule has 0 atom stereocenters. The summed E-state index contributed by atoms with van der Waals surface area (Å²) in [5, 5.41) is 2.16. The molecule has 1 aliphatic rings. The fraction of sp³-hybridized carbons (Fsp3) is 0.207. The van der Waals surface area contributed by atoms with Gasteiger partial charge in [-0.1, -0.05) is 12.1 Å². The third kappa shape index (κ3) is 7.54. The van der Waals surface area contributed by atoms with Gasteiger partial charge in [0.25, 0.3) is 11.1 Å². The molecule has 0 spiro atoms. The maximum Gasteiger partial charge on any atom is 0.294 e. The van der Waals surface area contributed by atoms with Gasteiger partial charge in [0, 0.05) is 5.69 Å². The van der Waals surface area contributed by atoms with E-state index in [9.17, 15) is 18.8 Å². The minimum atomic E-state index is -0.554. The Morgan fingerprint density at radius 3 is 2.38 bits per heavy atom. The molecule has 0 aromatic heterocycles. The van der Waals surface area contributed by atoms with Crippen LogP contribution in [-0.4, -0.2) is 41.7 Å². The van der Waals surface area contributed by atoms with Crippen molar-refractivity contribution in [2.24, 2.45) is 0 Å². The van der Waals surface area contributed by atoms with Crippen molar-refractivity contribution >= 4 is 63.2 Å². The van der Waals surface area contributed by atoms with Crippen molar-refractivity contribution in [2.75, 3.05) is 25.1 Å². The summed E-state index contributed by atoms with van der Waals surface area (Å²) in [5.74, 6) is 0.284. The van der Waals surface area contributed by atoms with Crippen LogP contribution in [0.1, 0.15) is 25.0 Å². The fourth-order valence-corrected chi connectivity index (χ4v) is 5.36. The van der Waals surface area contributed by atoms with Gasteiger partial charge >= 0.3 is 0 Å². The molecule has 1 fully saturated rings. The summed E-state index contributed by atoms with van der Waals surface area (Å²) in [7, 11) is 0. The van der Waals surface area contributed by atoms with Gasteiger partial charge in [0.1, 0.15) is 24.7 Å². The van der Waals surface area contributed by atoms with Crippen LogP contribution in [0.5, 0.6) is 17.2 Å². The number of carbonyl (C=O) groups excluding carboxylic acids is 3. The van der Waals surface area contributed by atoms with Gasteiger partial charge in [-0.15, -0.1) is 0 Å². The summed E-state index contributed by atoms with van der Waals surface area (Å²) in [6, 6.07) is 16.4. The average Bonchev–Trinajstić information content (AvgIpc) is 3.18. The topological polar surface area (TPSA) is 94.2 Å². The smallest absolute Gasteiger partial charge is 0.294 e. The number of hydrogen-bond donors (Lipinski definition) is 1. The number of rotatable bonds is 11. The Kier molecular flexibility index (Phi) is 10.0. The lowest BCUT2D eigenvalue weighted by atomic mass is 10.1. The Labute approximate surface area is 249 Å². The highest BCUT2D eigenvalue weighted by Crippen LogP contribution is 2.38. The molecular formula is C29H26FIN2O6S. The van der Waals surface area contributed by atoms with Crippen LogP contribution in [0.15, 0.2) is 65.6 Å². The zero-order valence-corrected chi connectivity index (χ0v) is 24.7. The maximum absolute atomic E-state index is 13.2. The first kappa shape index (κ1) is 29.4. The van der Waals surface area contributed by atoms with Crippen molar-refractivity contribution in [1.82, 2.24) is 4.90 Å². The summed E-state index contributed by atoms with van der Waals surface area (Å²) in [4.78, 5) is 39.2. The molecule has 1 aliphatic heterocycles. The number of amides is 3. The van der Waals surface area contributed by atoms with Crippen LogP contribution in [-0.2, 0) is 16.2 Å². The zero-order valence-electron chi connectivity index (χ0n) is 21.7. The predicted octanol–water partition coefficient (Wildman–Crippen LogP) is 6.48. The number of carbonyl (C=O) groups is 3. The lowest BCUT2D eigenvalue weighted by Gasteiger charge is -2.15. The predicted molar refractivity (Wildman–Crippen MR) is 160 cm³/mol. The highest BCUT2D eigenvalue weighted by Gasteiger charge is 2.36. The van der Waals surface area contributed by atoms with Gasteiger partial charge in [0.2, 0.25) is 5.91 Å². The second-order valence-electron chi connectivity index (χ2n) is 8.45. The number of thioether (sulfide) groups is 1. The number of halogens is 2. The van der Waals surface area contributed by atoms with Gasteiger partial charge in [-0.2, -0.15) is 0 Å². The van der Waals surface area contributed by atoms with Crippen molar-refractivity contribution in [3.05, 3.63) is 86.1 Å². The Balaban J connectivity index is 1.45. The van der Waals surface area contributed by atoms with Gasteiger partial charge in [-0.05, 0) is 114 Å². The molecule has 11 heteroatoms. The highest BCUT2D eigenvalue weighted by atomic mass is 127. The molecule has 1 heterocycles. The first-order valence-electron chi connectivity index (χ1n) is 12.4. The number of benzene rings is 3. The first-order chi connectivity index (χ1) is 19.3. The molecule has 1 N–H and O–H groups in total. The summed E-state index contributed by atoms with van der Waals surface area (Å²) in [6.45, 7) is 4.43. The van der Waals surface area contributed by atoms with Crippen molar-refractivity contribution in [3.8, 4) is 17.2 Å². The molecule has 3 aromatic rings. The Bertz CT molecular complexity index is 1430. The molecule has 4 rings (SSSR count). The molecule has 8 nitrogen and oxygen atoms in total. The van der Waals surface area contributed by atoms with E-state index in [1.807, 2.05) is 13.8 Å². The number of imide groups is 1. The van der Waals surface area contributed by atoms with Gasteiger partial charge in [-0.25, -0.2) is 4.39 Å². The molecule has 1 saturated heterocycles. The van der Waals surface area contributed by atoms with Crippen LogP contribution in [0.4, 0.5) is 14.9 Å². The number of hydrogen-bond acceptors (Lipinski definition) is 7. The van der Waals surface area contributed by atoms with E-state index in [1.165, 1.54) is 12.1 Å². The van der Waals surface area contributed by atoms with Crippen molar-refractivity contribution in [2.45, 2.75) is 20.5 Å². The monoisotopic (exact) mass is 676 g/mol. The van der Waals surface area contributed by atoms with E-state index in [4.69, 9.17) is 14.2 Å². The minimum Gasteiger partial charge on any atom is -0.494 e. The second kappa shape index (κ2) is 13.7. The molecule has 0 radical (unpaired) electrons. The Hall–Kier alpha value is -3.58. The first-order valence-corrected chi connectivity index (χ1v) is 14.3. The third-order valence-electron chi connectivity index (χ3n) is 5.55. The number of anilines is 1. The van der Waals surface area contributed by atoms with Crippen LogP contribution in [0, 0.1) is 9.39 Å². The van der Waals surface area contributed by atoms with Crippen LogP contribution < -0.4 is 19.5 Å². The molecular weight excluding hydrogens is 650 g/mol. The Morgan fingerprint density at radius 1 is 1.00 bits per heavy atom. The van der Waals surface area contributed by atoms with Gasteiger partial charge in [0.15, 0.2) is 11.5 Å². The quantitative estimate of drug-likeness (QED) is 0.184. The van der Waals surface area contributed by atoms with Crippen molar-refractivity contribution in [3.63, 3.8) is 0 Å². The molecule has 3 amide bonds. The SMILES string of the molecule is CCOc1ccc(NC(=O)CN2C(=O)S/C(=C/c3cc(I)c(OCc4ccc(F)cc4)c(OCC)c3)C2=O)cc1. The van der Waals surface area contributed by atoms with E-state index in [0.717, 1.165) is 25.8 Å². The van der Waals surface area contributed by atoms with Crippen LogP contribution in [0.3, 0.4) is 0 Å². The fourth-order valence-electron chi connectivity index (χ4n) is 3.74. The van der Waals surface area contributed by atoms with E-state index >= 15 is 0 Å². The van der Waals surface area contributed by atoms with Crippen LogP contribution >= 0.6 is 34.4 Å². The number of nitrogens with zero attached hydrogens (tertiary/aromatic N) is 1. The molecule has 40 heavy (non-hydrogen) atoms. The summed E-state index contributed by atoms with van der Waals surface area (Å²) in [5.41, 5.74) is 1.95. The lowest BCUT2D eigenvalue weighted by molar-refractivity contribution is -0.127. The maximum atomic E-state index is 13.2. The number of nitrogens with one attached hydrogen (secondary N) is 1. The van der Waals surface area contributed by atoms with Gasteiger partial charge < -0.3 is 19.5 Å². The van der Waals surface area contributed by atoms with Gasteiger partial charge in [0.05, 0.1) is 21.7 Å². The summed E-state index contributed by atoms with van der Waals surface area (Å²) < 4.78 is 31.1. The van der Waals surface area contributed by atoms with Crippen LogP contribution in [0.2, 0.25) is 0 Å². The zero-order chi connectivity index (χ0) is 28.6. The van der Waals surface area contributed by atoms with E-state index in [1.54, 1.807) is 54.6 Å². The largest absolute Gasteiger partial charge is 0.494 e. The van der Waals surface area contributed by atoms with Crippen molar-refractivity contribution in [1.29, 1.82) is 0 Å². The van der Waals surface area contributed by atoms with E-state index in [2.05, 4.69) is 27.9 Å². The van der Waals surface area contributed by atoms with E-state index < -0.39 is 23.6 Å². The summed E-state index contributed by atoms with van der Waals surface area (Å²) >= 11 is 2.88. The summed E-state index contributed by atoms with van der Waals surface area (Å²) in [6.07, 6.45) is 1.59. The normalized spacial score (nSPS) is 14.0. The number of ether oxygens (including phenoxy) is 3. The van der Waals surface area contributed by atoms with E-state index in [-0.39, 0.29) is 17.3 Å².